The van der Waals surface area contributed by atoms with Gasteiger partial charge in [0.2, 0.25) is 5.88 Å². The molecule has 0 aliphatic carbocycles. The minimum Gasteiger partial charge on any atom is -0.468 e. The van der Waals surface area contributed by atoms with Gasteiger partial charge in [0.05, 0.1) is 17.5 Å². The highest BCUT2D eigenvalue weighted by atomic mass is 19.4. The number of rotatable bonds is 7. The van der Waals surface area contributed by atoms with Gasteiger partial charge >= 0.3 is 6.18 Å². The third-order valence-corrected chi connectivity index (χ3v) is 4.10. The van der Waals surface area contributed by atoms with Gasteiger partial charge in [-0.05, 0) is 29.7 Å². The molecule has 0 bridgehead atoms. The van der Waals surface area contributed by atoms with Gasteiger partial charge in [-0.2, -0.15) is 18.3 Å². The van der Waals surface area contributed by atoms with E-state index in [0.29, 0.717) is 22.6 Å². The van der Waals surface area contributed by atoms with Crippen molar-refractivity contribution in [2.45, 2.75) is 32.5 Å². The number of carbonyl (C=O) groups excluding carboxylic acids is 1. The zero-order chi connectivity index (χ0) is 21.7. The van der Waals surface area contributed by atoms with Crippen LogP contribution < -0.4 is 10.1 Å². The Labute approximate surface area is 170 Å². The summed E-state index contributed by atoms with van der Waals surface area (Å²) in [5.74, 6) is 0.0831. The fourth-order valence-corrected chi connectivity index (χ4v) is 2.82. The summed E-state index contributed by atoms with van der Waals surface area (Å²) in [5.41, 5.74) is 1.66. The summed E-state index contributed by atoms with van der Waals surface area (Å²) in [6, 6.07) is 8.35. The van der Waals surface area contributed by atoms with Crippen molar-refractivity contribution in [1.82, 2.24) is 25.1 Å². The van der Waals surface area contributed by atoms with Crippen molar-refractivity contribution in [3.8, 4) is 11.7 Å². The second-order valence-electron chi connectivity index (χ2n) is 6.79. The lowest BCUT2D eigenvalue weighted by atomic mass is 10.1. The van der Waals surface area contributed by atoms with Crippen LogP contribution in [-0.2, 0) is 6.54 Å². The van der Waals surface area contributed by atoms with E-state index in [-0.39, 0.29) is 24.2 Å². The molecule has 0 aliphatic rings. The second-order valence-corrected chi connectivity index (χ2v) is 6.79. The first-order valence-electron chi connectivity index (χ1n) is 9.16. The molecule has 7 nitrogen and oxygen atoms in total. The normalized spacial score (nSPS) is 11.5. The lowest BCUT2D eigenvalue weighted by Crippen LogP contribution is -2.24. The Balaban J connectivity index is 1.72. The fraction of sp³-hybridized carbons (Fsp3) is 0.300. The number of nitrogens with zero attached hydrogens (tertiary/aromatic N) is 4. The maximum absolute atomic E-state index is 12.7. The van der Waals surface area contributed by atoms with E-state index in [4.69, 9.17) is 0 Å². The first-order valence-corrected chi connectivity index (χ1v) is 9.16. The van der Waals surface area contributed by atoms with Crippen LogP contribution >= 0.6 is 0 Å². The Bertz CT molecular complexity index is 1000. The monoisotopic (exact) mass is 419 g/mol. The van der Waals surface area contributed by atoms with Crippen molar-refractivity contribution in [2.24, 2.45) is 0 Å². The second kappa shape index (κ2) is 8.93. The van der Waals surface area contributed by atoms with E-state index in [0.717, 1.165) is 0 Å². The predicted octanol–water partition coefficient (Wildman–Crippen LogP) is 3.66. The van der Waals surface area contributed by atoms with Crippen molar-refractivity contribution in [1.29, 1.82) is 0 Å². The first-order chi connectivity index (χ1) is 14.2. The van der Waals surface area contributed by atoms with E-state index in [1.165, 1.54) is 18.5 Å². The molecule has 30 heavy (non-hydrogen) atoms. The van der Waals surface area contributed by atoms with Crippen molar-refractivity contribution < 1.29 is 22.7 Å². The lowest BCUT2D eigenvalue weighted by Gasteiger charge is -2.12. The van der Waals surface area contributed by atoms with E-state index in [1.54, 1.807) is 29.1 Å². The maximum atomic E-state index is 12.7. The van der Waals surface area contributed by atoms with Crippen LogP contribution in [0.1, 0.15) is 41.4 Å². The highest BCUT2D eigenvalue weighted by Crippen LogP contribution is 2.22. The Kier molecular flexibility index (Phi) is 6.34. The molecule has 3 rings (SSSR count). The predicted molar refractivity (Wildman–Crippen MR) is 102 cm³/mol. The molecule has 10 heteroatoms. The van der Waals surface area contributed by atoms with Crippen LogP contribution in [0.15, 0.2) is 48.9 Å². The van der Waals surface area contributed by atoms with Gasteiger partial charge in [0.15, 0.2) is 12.4 Å². The number of halogens is 3. The lowest BCUT2D eigenvalue weighted by molar-refractivity contribution is -0.154. The number of nitrogens with one attached hydrogen (secondary N) is 1. The molecule has 3 aromatic rings. The Morgan fingerprint density at radius 2 is 2.00 bits per heavy atom. The van der Waals surface area contributed by atoms with Gasteiger partial charge in [0, 0.05) is 25.0 Å². The van der Waals surface area contributed by atoms with Crippen LogP contribution in [0.3, 0.4) is 0 Å². The molecule has 1 amide bonds. The zero-order valence-electron chi connectivity index (χ0n) is 16.3. The Morgan fingerprint density at radius 3 is 2.67 bits per heavy atom. The topological polar surface area (TPSA) is 81.9 Å². The van der Waals surface area contributed by atoms with E-state index in [9.17, 15) is 18.0 Å². The van der Waals surface area contributed by atoms with Crippen LogP contribution in [0, 0.1) is 0 Å². The molecule has 158 valence electrons. The molecule has 0 aromatic carbocycles. The highest BCUT2D eigenvalue weighted by molar-refractivity contribution is 5.95. The van der Waals surface area contributed by atoms with Crippen LogP contribution in [0.4, 0.5) is 13.2 Å². The van der Waals surface area contributed by atoms with E-state index in [2.05, 4.69) is 25.1 Å². The van der Waals surface area contributed by atoms with Crippen LogP contribution in [-0.4, -0.2) is 38.4 Å². The zero-order valence-corrected chi connectivity index (χ0v) is 16.3. The maximum Gasteiger partial charge on any atom is 0.422 e. The number of alkyl halides is 3. The molecule has 0 aliphatic heterocycles. The molecule has 1 N–H and O–H groups in total. The average molecular weight is 419 g/mol. The standard InChI is InChI=1S/C20H20F3N5O2/c1-13(2)18-15(11-27-28(18)16-5-3-4-7-24-16)19(29)26-10-14-6-8-25-17(9-14)30-12-20(21,22)23/h3-9,11,13H,10,12H2,1-2H3,(H,26,29). The van der Waals surface area contributed by atoms with Crippen LogP contribution in [0.5, 0.6) is 5.88 Å². The molecule has 0 saturated heterocycles. The SMILES string of the molecule is CC(C)c1c(C(=O)NCc2ccnc(OCC(F)(F)F)c2)cnn1-c1ccccn1. The van der Waals surface area contributed by atoms with Crippen molar-refractivity contribution in [3.05, 3.63) is 65.7 Å². The van der Waals surface area contributed by atoms with Gasteiger partial charge in [-0.25, -0.2) is 14.6 Å². The number of hydrogen-bond acceptors (Lipinski definition) is 5. The van der Waals surface area contributed by atoms with Gasteiger partial charge in [0.25, 0.3) is 5.91 Å². The average Bonchev–Trinajstić information content (AvgIpc) is 3.17. The van der Waals surface area contributed by atoms with Crippen molar-refractivity contribution in [3.63, 3.8) is 0 Å². The Morgan fingerprint density at radius 1 is 1.20 bits per heavy atom. The molecular weight excluding hydrogens is 399 g/mol. The number of pyridine rings is 2. The van der Waals surface area contributed by atoms with Gasteiger partial charge in [0.1, 0.15) is 0 Å². The van der Waals surface area contributed by atoms with E-state index in [1.807, 2.05) is 19.9 Å². The van der Waals surface area contributed by atoms with Crippen LogP contribution in [0.2, 0.25) is 0 Å². The summed E-state index contributed by atoms with van der Waals surface area (Å²) in [6.45, 7) is 2.55. The third-order valence-electron chi connectivity index (χ3n) is 4.10. The minimum atomic E-state index is -4.45. The van der Waals surface area contributed by atoms with Crippen molar-refractivity contribution in [2.75, 3.05) is 6.61 Å². The van der Waals surface area contributed by atoms with Crippen molar-refractivity contribution >= 4 is 5.91 Å². The number of amides is 1. The number of carbonyl (C=O) groups is 1. The summed E-state index contributed by atoms with van der Waals surface area (Å²) >= 11 is 0. The Hall–Kier alpha value is -3.43. The van der Waals surface area contributed by atoms with Gasteiger partial charge in [-0.3, -0.25) is 4.79 Å². The molecule has 0 unspecified atom stereocenters. The summed E-state index contributed by atoms with van der Waals surface area (Å²) in [6.07, 6.45) is -0.00866. The van der Waals surface area contributed by atoms with Gasteiger partial charge in [-0.1, -0.05) is 19.9 Å². The molecule has 0 radical (unpaired) electrons. The molecule has 0 saturated carbocycles. The van der Waals surface area contributed by atoms with Crippen LogP contribution in [0.25, 0.3) is 5.82 Å². The quantitative estimate of drug-likeness (QED) is 0.632. The highest BCUT2D eigenvalue weighted by Gasteiger charge is 2.28. The summed E-state index contributed by atoms with van der Waals surface area (Å²) < 4.78 is 43.1. The molecule has 0 spiro atoms. The number of hydrogen-bond donors (Lipinski definition) is 1. The summed E-state index contributed by atoms with van der Waals surface area (Å²) in [5, 5.41) is 7.06. The molecule has 3 aromatic heterocycles. The van der Waals surface area contributed by atoms with E-state index >= 15 is 0 Å². The smallest absolute Gasteiger partial charge is 0.422 e. The molecular formula is C20H20F3N5O2. The fourth-order valence-electron chi connectivity index (χ4n) is 2.82. The minimum absolute atomic E-state index is 0.00134. The largest absolute Gasteiger partial charge is 0.468 e. The molecule has 0 fully saturated rings. The number of ether oxygens (including phenoxy) is 1. The van der Waals surface area contributed by atoms with E-state index < -0.39 is 12.8 Å². The molecule has 3 heterocycles. The third kappa shape index (κ3) is 5.34. The van der Waals surface area contributed by atoms with Gasteiger partial charge in [-0.15, -0.1) is 0 Å². The number of aromatic nitrogens is 4. The molecule has 0 atom stereocenters. The van der Waals surface area contributed by atoms with Gasteiger partial charge < -0.3 is 10.1 Å². The summed E-state index contributed by atoms with van der Waals surface area (Å²) in [4.78, 5) is 20.8. The summed E-state index contributed by atoms with van der Waals surface area (Å²) in [7, 11) is 0. The first kappa shape index (κ1) is 21.3.